The number of halogens is 1. The summed E-state index contributed by atoms with van der Waals surface area (Å²) in [5.74, 6) is 0.984. The Morgan fingerprint density at radius 1 is 1.12 bits per heavy atom. The summed E-state index contributed by atoms with van der Waals surface area (Å²) in [5, 5.41) is 4.51. The van der Waals surface area contributed by atoms with E-state index in [1.165, 1.54) is 0 Å². The van der Waals surface area contributed by atoms with Crippen molar-refractivity contribution in [1.82, 2.24) is 5.43 Å². The number of benzene rings is 2. The van der Waals surface area contributed by atoms with E-state index in [0.29, 0.717) is 28.5 Å². The molecule has 0 fully saturated rings. The van der Waals surface area contributed by atoms with Crippen LogP contribution in [0.3, 0.4) is 0 Å². The van der Waals surface area contributed by atoms with Gasteiger partial charge in [0, 0.05) is 12.1 Å². The molecule has 0 saturated heterocycles. The van der Waals surface area contributed by atoms with Crippen LogP contribution in [0.4, 0.5) is 0 Å². The van der Waals surface area contributed by atoms with Gasteiger partial charge in [-0.2, -0.15) is 5.10 Å². The van der Waals surface area contributed by atoms with Gasteiger partial charge in [-0.05, 0) is 36.8 Å². The summed E-state index contributed by atoms with van der Waals surface area (Å²) >= 11 is 5.99. The van der Waals surface area contributed by atoms with E-state index >= 15 is 0 Å². The average molecular weight is 347 g/mol. The monoisotopic (exact) mass is 346 g/mol. The number of hydrazone groups is 1. The first-order valence-corrected chi connectivity index (χ1v) is 7.72. The Morgan fingerprint density at radius 3 is 2.50 bits per heavy atom. The Bertz CT molecular complexity index is 760. The summed E-state index contributed by atoms with van der Waals surface area (Å²) in [6.45, 7) is 1.84. The van der Waals surface area contributed by atoms with Gasteiger partial charge in [-0.25, -0.2) is 5.43 Å². The summed E-state index contributed by atoms with van der Waals surface area (Å²) in [6, 6.07) is 12.5. The molecular formula is C18H19ClN2O3. The Hall–Kier alpha value is -2.53. The average Bonchev–Trinajstić information content (AvgIpc) is 2.60. The lowest BCUT2D eigenvalue weighted by Gasteiger charge is -2.09. The molecule has 2 aromatic carbocycles. The van der Waals surface area contributed by atoms with Crippen LogP contribution in [0.15, 0.2) is 47.6 Å². The molecule has 2 aromatic rings. The van der Waals surface area contributed by atoms with Crippen molar-refractivity contribution in [1.29, 1.82) is 0 Å². The first kappa shape index (κ1) is 17.8. The van der Waals surface area contributed by atoms with E-state index in [9.17, 15) is 4.79 Å². The van der Waals surface area contributed by atoms with Crippen molar-refractivity contribution in [3.05, 3.63) is 58.6 Å². The molecule has 0 bridgehead atoms. The quantitative estimate of drug-likeness (QED) is 0.640. The van der Waals surface area contributed by atoms with Crippen molar-refractivity contribution in [2.75, 3.05) is 14.2 Å². The molecule has 1 amide bonds. The van der Waals surface area contributed by atoms with Gasteiger partial charge in [0.25, 0.3) is 5.91 Å². The number of ether oxygens (including phenoxy) is 2. The first-order valence-electron chi connectivity index (χ1n) is 7.34. The number of amides is 1. The second-order valence-electron chi connectivity index (χ2n) is 5.13. The molecule has 0 aliphatic rings. The molecule has 0 spiro atoms. The molecule has 6 heteroatoms. The Morgan fingerprint density at radius 2 is 1.83 bits per heavy atom. The Balaban J connectivity index is 2.04. The van der Waals surface area contributed by atoms with Crippen molar-refractivity contribution in [3.63, 3.8) is 0 Å². The van der Waals surface area contributed by atoms with Gasteiger partial charge in [0.1, 0.15) is 0 Å². The predicted molar refractivity (Wildman–Crippen MR) is 95.3 cm³/mol. The fourth-order valence-corrected chi connectivity index (χ4v) is 2.40. The summed E-state index contributed by atoms with van der Waals surface area (Å²) in [7, 11) is 3.18. The van der Waals surface area contributed by atoms with Crippen molar-refractivity contribution in [3.8, 4) is 11.5 Å². The van der Waals surface area contributed by atoms with Gasteiger partial charge in [0.2, 0.25) is 0 Å². The van der Waals surface area contributed by atoms with Crippen LogP contribution in [0.5, 0.6) is 11.5 Å². The van der Waals surface area contributed by atoms with Gasteiger partial charge in [0.05, 0.1) is 24.8 Å². The van der Waals surface area contributed by atoms with E-state index < -0.39 is 0 Å². The number of carbonyl (C=O) groups excluding carboxylic acids is 1. The largest absolute Gasteiger partial charge is 0.493 e. The molecule has 0 aromatic heterocycles. The van der Waals surface area contributed by atoms with Gasteiger partial charge in [0.15, 0.2) is 11.5 Å². The minimum atomic E-state index is -0.340. The predicted octanol–water partition coefficient (Wildman–Crippen LogP) is 3.71. The third-order valence-electron chi connectivity index (χ3n) is 3.37. The third-order valence-corrected chi connectivity index (χ3v) is 3.70. The maximum Gasteiger partial charge on any atom is 0.272 e. The van der Waals surface area contributed by atoms with E-state index in [1.807, 2.05) is 25.1 Å². The minimum Gasteiger partial charge on any atom is -0.493 e. The zero-order valence-electron chi connectivity index (χ0n) is 13.8. The fourth-order valence-electron chi connectivity index (χ4n) is 2.18. The standard InChI is InChI=1S/C18H19ClN2O3/c1-12(10-13-8-9-16(23-2)17(11-13)24-3)20-21-18(22)14-6-4-5-7-15(14)19/h4-9,11H,10H2,1-3H3,(H,21,22)/b20-12-. The number of carbonyl (C=O) groups is 1. The summed E-state index contributed by atoms with van der Waals surface area (Å²) in [5.41, 5.74) is 4.66. The van der Waals surface area contributed by atoms with Gasteiger partial charge in [-0.1, -0.05) is 29.8 Å². The van der Waals surface area contributed by atoms with Crippen LogP contribution in [0.2, 0.25) is 5.02 Å². The molecule has 0 aliphatic carbocycles. The van der Waals surface area contributed by atoms with Crippen LogP contribution >= 0.6 is 11.6 Å². The molecule has 0 atom stereocenters. The van der Waals surface area contributed by atoms with E-state index in [4.69, 9.17) is 21.1 Å². The van der Waals surface area contributed by atoms with Crippen molar-refractivity contribution in [2.45, 2.75) is 13.3 Å². The zero-order valence-corrected chi connectivity index (χ0v) is 14.6. The fraction of sp³-hybridized carbons (Fsp3) is 0.222. The van der Waals surface area contributed by atoms with Crippen molar-refractivity contribution < 1.29 is 14.3 Å². The van der Waals surface area contributed by atoms with Gasteiger partial charge in [-0.15, -0.1) is 0 Å². The topological polar surface area (TPSA) is 59.9 Å². The normalized spacial score (nSPS) is 11.1. The van der Waals surface area contributed by atoms with Crippen LogP contribution in [-0.4, -0.2) is 25.8 Å². The van der Waals surface area contributed by atoms with Crippen LogP contribution < -0.4 is 14.9 Å². The molecule has 0 heterocycles. The number of methoxy groups -OCH3 is 2. The molecule has 2 rings (SSSR count). The summed E-state index contributed by atoms with van der Waals surface area (Å²) < 4.78 is 10.5. The molecule has 0 aliphatic heterocycles. The van der Waals surface area contributed by atoms with Crippen LogP contribution in [-0.2, 0) is 6.42 Å². The first-order chi connectivity index (χ1) is 11.5. The molecular weight excluding hydrogens is 328 g/mol. The molecule has 5 nitrogen and oxygen atoms in total. The van der Waals surface area contributed by atoms with Crippen molar-refractivity contribution >= 4 is 23.2 Å². The highest BCUT2D eigenvalue weighted by molar-refractivity contribution is 6.33. The Labute approximate surface area is 146 Å². The highest BCUT2D eigenvalue weighted by Gasteiger charge is 2.09. The molecule has 126 valence electrons. The van der Waals surface area contributed by atoms with Crippen LogP contribution in [0.25, 0.3) is 0 Å². The van der Waals surface area contributed by atoms with Gasteiger partial charge < -0.3 is 9.47 Å². The van der Waals surface area contributed by atoms with E-state index in [0.717, 1.165) is 11.3 Å². The van der Waals surface area contributed by atoms with Crippen molar-refractivity contribution in [2.24, 2.45) is 5.10 Å². The second-order valence-corrected chi connectivity index (χ2v) is 5.54. The number of rotatable bonds is 6. The van der Waals surface area contributed by atoms with E-state index in [1.54, 1.807) is 38.5 Å². The number of nitrogens with zero attached hydrogens (tertiary/aromatic N) is 1. The lowest BCUT2D eigenvalue weighted by atomic mass is 10.1. The van der Waals surface area contributed by atoms with E-state index in [2.05, 4.69) is 10.5 Å². The third kappa shape index (κ3) is 4.49. The highest BCUT2D eigenvalue weighted by atomic mass is 35.5. The van der Waals surface area contributed by atoms with Crippen LogP contribution in [0, 0.1) is 0 Å². The molecule has 0 radical (unpaired) electrons. The zero-order chi connectivity index (χ0) is 17.5. The summed E-state index contributed by atoms with van der Waals surface area (Å²) in [6.07, 6.45) is 0.573. The number of hydrogen-bond donors (Lipinski definition) is 1. The number of nitrogens with one attached hydrogen (secondary N) is 1. The summed E-state index contributed by atoms with van der Waals surface area (Å²) in [4.78, 5) is 12.1. The van der Waals surface area contributed by atoms with Gasteiger partial charge >= 0.3 is 0 Å². The SMILES string of the molecule is COc1ccc(C/C(C)=N\NC(=O)c2ccccc2Cl)cc1OC. The molecule has 24 heavy (non-hydrogen) atoms. The second kappa shape index (κ2) is 8.36. The smallest absolute Gasteiger partial charge is 0.272 e. The van der Waals surface area contributed by atoms with Crippen LogP contribution in [0.1, 0.15) is 22.8 Å². The Kier molecular flexibility index (Phi) is 6.21. The number of hydrogen-bond acceptors (Lipinski definition) is 4. The maximum atomic E-state index is 12.1. The highest BCUT2D eigenvalue weighted by Crippen LogP contribution is 2.27. The maximum absolute atomic E-state index is 12.1. The molecule has 1 N–H and O–H groups in total. The lowest BCUT2D eigenvalue weighted by molar-refractivity contribution is 0.0955. The van der Waals surface area contributed by atoms with Gasteiger partial charge in [-0.3, -0.25) is 4.79 Å². The minimum absolute atomic E-state index is 0.340. The molecule has 0 saturated carbocycles. The molecule has 0 unspecified atom stereocenters. The lowest BCUT2D eigenvalue weighted by Crippen LogP contribution is -2.20. The van der Waals surface area contributed by atoms with E-state index in [-0.39, 0.29) is 5.91 Å².